The Morgan fingerprint density at radius 3 is 2.55 bits per heavy atom. The summed E-state index contributed by atoms with van der Waals surface area (Å²) < 4.78 is 30.8. The maximum Gasteiger partial charge on any atom is 0.266 e. The van der Waals surface area contributed by atoms with Crippen molar-refractivity contribution < 1.29 is 13.2 Å². The van der Waals surface area contributed by atoms with Crippen LogP contribution in [0.2, 0.25) is 0 Å². The second-order valence-electron chi connectivity index (χ2n) is 9.66. The fraction of sp³-hybridized carbons (Fsp3) is 0.321. The molecule has 10 heteroatoms. The summed E-state index contributed by atoms with van der Waals surface area (Å²) in [5.41, 5.74) is 2.84. The lowest BCUT2D eigenvalue weighted by molar-refractivity contribution is -0.122. The van der Waals surface area contributed by atoms with Crippen molar-refractivity contribution in [2.45, 2.75) is 38.0 Å². The molecule has 2 fully saturated rings. The first-order valence-corrected chi connectivity index (χ1v) is 15.5. The Morgan fingerprint density at radius 2 is 1.84 bits per heavy atom. The monoisotopic (exact) mass is 566 g/mol. The molecule has 0 atom stereocenters. The zero-order chi connectivity index (χ0) is 26.9. The summed E-state index contributed by atoms with van der Waals surface area (Å²) in [6.45, 7) is 5.80. The van der Waals surface area contributed by atoms with Gasteiger partial charge in [-0.3, -0.25) is 9.69 Å². The van der Waals surface area contributed by atoms with E-state index < -0.39 is 10.0 Å². The Bertz CT molecular complexity index is 1490. The van der Waals surface area contributed by atoms with Crippen LogP contribution in [-0.4, -0.2) is 57.3 Å². The molecule has 3 aromatic rings. The van der Waals surface area contributed by atoms with Crippen LogP contribution >= 0.6 is 24.0 Å². The number of hydrogen-bond acceptors (Lipinski definition) is 6. The van der Waals surface area contributed by atoms with Gasteiger partial charge in [-0.15, -0.1) is 0 Å². The lowest BCUT2D eigenvalue weighted by Crippen LogP contribution is -2.37. The fourth-order valence-corrected chi connectivity index (χ4v) is 7.48. The van der Waals surface area contributed by atoms with Crippen LogP contribution in [0.25, 0.3) is 23.0 Å². The van der Waals surface area contributed by atoms with Crippen molar-refractivity contribution in [2.24, 2.45) is 5.92 Å². The first-order valence-electron chi connectivity index (χ1n) is 12.8. The van der Waals surface area contributed by atoms with Crippen LogP contribution in [0.1, 0.15) is 38.7 Å². The van der Waals surface area contributed by atoms with Crippen LogP contribution in [0.5, 0.6) is 0 Å². The average molecular weight is 567 g/mol. The van der Waals surface area contributed by atoms with Crippen LogP contribution in [0.3, 0.4) is 0 Å². The lowest BCUT2D eigenvalue weighted by Gasteiger charge is -2.29. The van der Waals surface area contributed by atoms with Crippen molar-refractivity contribution in [3.8, 4) is 16.9 Å². The number of hydrogen-bond donors (Lipinski definition) is 0. The Morgan fingerprint density at radius 1 is 1.11 bits per heavy atom. The van der Waals surface area contributed by atoms with E-state index in [0.29, 0.717) is 51.6 Å². The Kier molecular flexibility index (Phi) is 7.85. The third-order valence-electron chi connectivity index (χ3n) is 6.86. The minimum atomic E-state index is -3.62. The van der Waals surface area contributed by atoms with E-state index in [9.17, 15) is 13.2 Å². The molecule has 0 unspecified atom stereocenters. The highest BCUT2D eigenvalue weighted by Gasteiger charge is 2.32. The summed E-state index contributed by atoms with van der Waals surface area (Å²) in [5, 5.41) is 4.83. The molecule has 3 heterocycles. The Balaban J connectivity index is 1.56. The summed E-state index contributed by atoms with van der Waals surface area (Å²) in [7, 11) is -3.62. The van der Waals surface area contributed by atoms with Gasteiger partial charge < -0.3 is 0 Å². The van der Waals surface area contributed by atoms with Gasteiger partial charge in [0.1, 0.15) is 10.0 Å². The first-order chi connectivity index (χ1) is 18.3. The number of nitrogens with zero attached hydrogens (tertiary/aromatic N) is 4. The van der Waals surface area contributed by atoms with Crippen molar-refractivity contribution >= 4 is 50.3 Å². The molecule has 0 spiro atoms. The summed E-state index contributed by atoms with van der Waals surface area (Å²) in [5.74, 6) is 0.415. The molecule has 0 saturated carbocycles. The van der Waals surface area contributed by atoms with Gasteiger partial charge in [0.2, 0.25) is 10.0 Å². The molecule has 0 aliphatic carbocycles. The molecule has 1 aromatic heterocycles. The zero-order valence-electron chi connectivity index (χ0n) is 21.4. The van der Waals surface area contributed by atoms with E-state index in [2.05, 4.69) is 6.92 Å². The van der Waals surface area contributed by atoms with E-state index in [0.717, 1.165) is 24.9 Å². The standard InChI is InChI=1S/C28H30N4O3S3/c1-3-14-31-27(33)25(37-28(31)36)18-22-19-32(23-9-5-4-6-10-23)29-26(22)21-8-7-11-24(17-21)38(34,35)30-15-12-20(2)13-16-30/h4-11,17-20H,3,12-16H2,1-2H3/b25-18-. The largest absolute Gasteiger partial charge is 0.293 e. The highest BCUT2D eigenvalue weighted by molar-refractivity contribution is 8.26. The zero-order valence-corrected chi connectivity index (χ0v) is 23.9. The highest BCUT2D eigenvalue weighted by atomic mass is 32.2. The van der Waals surface area contributed by atoms with Crippen LogP contribution in [0.4, 0.5) is 0 Å². The number of amides is 1. The molecule has 2 aliphatic heterocycles. The van der Waals surface area contributed by atoms with Gasteiger partial charge in [0, 0.05) is 37.0 Å². The molecular weight excluding hydrogens is 537 g/mol. The summed E-state index contributed by atoms with van der Waals surface area (Å²) >= 11 is 6.73. The smallest absolute Gasteiger partial charge is 0.266 e. The number of aromatic nitrogens is 2. The van der Waals surface area contributed by atoms with Gasteiger partial charge in [-0.05, 0) is 55.5 Å². The molecule has 5 rings (SSSR count). The van der Waals surface area contributed by atoms with E-state index in [4.69, 9.17) is 17.3 Å². The van der Waals surface area contributed by atoms with Gasteiger partial charge in [-0.25, -0.2) is 13.1 Å². The molecule has 0 radical (unpaired) electrons. The number of thiocarbonyl (C=S) groups is 1. The van der Waals surface area contributed by atoms with Crippen LogP contribution in [0.15, 0.2) is 70.6 Å². The minimum Gasteiger partial charge on any atom is -0.293 e. The number of carbonyl (C=O) groups is 1. The molecule has 1 amide bonds. The van der Waals surface area contributed by atoms with Crippen LogP contribution < -0.4 is 0 Å². The highest BCUT2D eigenvalue weighted by Crippen LogP contribution is 2.35. The summed E-state index contributed by atoms with van der Waals surface area (Å²) in [6.07, 6.45) is 6.21. The average Bonchev–Trinajstić information content (AvgIpc) is 3.46. The van der Waals surface area contributed by atoms with E-state index in [-0.39, 0.29) is 10.8 Å². The van der Waals surface area contributed by atoms with Crippen LogP contribution in [-0.2, 0) is 14.8 Å². The van der Waals surface area contributed by atoms with Gasteiger partial charge in [0.15, 0.2) is 0 Å². The molecule has 38 heavy (non-hydrogen) atoms. The van der Waals surface area contributed by atoms with Crippen molar-refractivity contribution in [1.29, 1.82) is 0 Å². The molecule has 0 N–H and O–H groups in total. The summed E-state index contributed by atoms with van der Waals surface area (Å²) in [4.78, 5) is 15.5. The second kappa shape index (κ2) is 11.1. The number of benzene rings is 2. The van der Waals surface area contributed by atoms with Gasteiger partial charge in [0.25, 0.3) is 5.91 Å². The molecule has 2 aromatic carbocycles. The van der Waals surface area contributed by atoms with Crippen molar-refractivity contribution in [2.75, 3.05) is 19.6 Å². The van der Waals surface area contributed by atoms with Gasteiger partial charge >= 0.3 is 0 Å². The fourth-order valence-electron chi connectivity index (χ4n) is 4.67. The maximum atomic E-state index is 13.5. The van der Waals surface area contributed by atoms with E-state index >= 15 is 0 Å². The number of thioether (sulfide) groups is 1. The van der Waals surface area contributed by atoms with Crippen molar-refractivity contribution in [3.05, 3.63) is 71.3 Å². The minimum absolute atomic E-state index is 0.115. The molecular formula is C28H30N4O3S3. The number of rotatable bonds is 7. The Labute approximate surface area is 233 Å². The number of carbonyl (C=O) groups excluding carboxylic acids is 1. The van der Waals surface area contributed by atoms with E-state index in [1.54, 1.807) is 32.1 Å². The predicted molar refractivity (Wildman–Crippen MR) is 156 cm³/mol. The van der Waals surface area contributed by atoms with Crippen LogP contribution in [0, 0.1) is 5.92 Å². The number of para-hydroxylation sites is 1. The summed E-state index contributed by atoms with van der Waals surface area (Å²) in [6, 6.07) is 16.6. The van der Waals surface area contributed by atoms with Gasteiger partial charge in [-0.1, -0.05) is 68.2 Å². The van der Waals surface area contributed by atoms with E-state index in [1.807, 2.05) is 55.6 Å². The first kappa shape index (κ1) is 26.8. The predicted octanol–water partition coefficient (Wildman–Crippen LogP) is 5.57. The third-order valence-corrected chi connectivity index (χ3v) is 10.1. The molecule has 2 aliphatic rings. The van der Waals surface area contributed by atoms with Crippen molar-refractivity contribution in [3.63, 3.8) is 0 Å². The number of piperidine rings is 1. The maximum absolute atomic E-state index is 13.5. The van der Waals surface area contributed by atoms with Crippen molar-refractivity contribution in [1.82, 2.24) is 19.0 Å². The van der Waals surface area contributed by atoms with Gasteiger partial charge in [-0.2, -0.15) is 9.40 Å². The topological polar surface area (TPSA) is 75.5 Å². The molecule has 2 saturated heterocycles. The lowest BCUT2D eigenvalue weighted by atomic mass is 10.0. The number of sulfonamides is 1. The second-order valence-corrected chi connectivity index (χ2v) is 13.3. The normalized spacial score (nSPS) is 18.6. The van der Waals surface area contributed by atoms with E-state index in [1.165, 1.54) is 11.8 Å². The Hall–Kier alpha value is -2.79. The molecule has 0 bridgehead atoms. The third kappa shape index (κ3) is 5.36. The molecule has 198 valence electrons. The molecule has 7 nitrogen and oxygen atoms in total. The SMILES string of the molecule is CCCN1C(=O)/C(=C/c2cn(-c3ccccc3)nc2-c2cccc(S(=O)(=O)N3CCC(C)CC3)c2)SC1=S. The van der Waals surface area contributed by atoms with Gasteiger partial charge in [0.05, 0.1) is 15.5 Å². The quantitative estimate of drug-likeness (QED) is 0.275.